The van der Waals surface area contributed by atoms with Gasteiger partial charge >= 0.3 is 0 Å². The second-order valence-electron chi connectivity index (χ2n) is 6.27. The van der Waals surface area contributed by atoms with E-state index in [2.05, 4.69) is 76.2 Å². The molecule has 0 aromatic heterocycles. The predicted molar refractivity (Wildman–Crippen MR) is 104 cm³/mol. The lowest BCUT2D eigenvalue weighted by Gasteiger charge is -2.14. The maximum Gasteiger partial charge on any atom is 0.0122 e. The van der Waals surface area contributed by atoms with Crippen molar-refractivity contribution in [3.05, 3.63) is 59.7 Å². The van der Waals surface area contributed by atoms with E-state index in [0.29, 0.717) is 11.8 Å². The van der Waals surface area contributed by atoms with Gasteiger partial charge in [0.25, 0.3) is 0 Å². The summed E-state index contributed by atoms with van der Waals surface area (Å²) in [6.45, 7) is 9.10. The van der Waals surface area contributed by atoms with Crippen LogP contribution >= 0.6 is 11.8 Å². The lowest BCUT2D eigenvalue weighted by molar-refractivity contribution is 0.641. The topological polar surface area (TPSA) is 0 Å². The molecule has 124 valence electrons. The Morgan fingerprint density at radius 3 is 1.13 bits per heavy atom. The van der Waals surface area contributed by atoms with E-state index in [4.69, 9.17) is 0 Å². The Bertz CT molecular complexity index is 506. The van der Waals surface area contributed by atoms with E-state index in [1.54, 1.807) is 0 Å². The zero-order valence-corrected chi connectivity index (χ0v) is 15.8. The highest BCUT2D eigenvalue weighted by molar-refractivity contribution is 7.99. The van der Waals surface area contributed by atoms with E-state index in [9.17, 15) is 0 Å². The van der Waals surface area contributed by atoms with E-state index in [1.165, 1.54) is 46.6 Å². The summed E-state index contributed by atoms with van der Waals surface area (Å²) >= 11 is 1.86. The molecule has 0 aliphatic rings. The van der Waals surface area contributed by atoms with Crippen LogP contribution in [0, 0.1) is 0 Å². The van der Waals surface area contributed by atoms with Crippen molar-refractivity contribution >= 4 is 11.8 Å². The van der Waals surface area contributed by atoms with Crippen LogP contribution in [0.3, 0.4) is 0 Å². The van der Waals surface area contributed by atoms with Crippen molar-refractivity contribution in [1.82, 2.24) is 0 Å². The monoisotopic (exact) mass is 326 g/mol. The molecule has 2 aromatic rings. The molecule has 23 heavy (non-hydrogen) atoms. The molecule has 0 aliphatic heterocycles. The van der Waals surface area contributed by atoms with Crippen molar-refractivity contribution in [1.29, 1.82) is 0 Å². The van der Waals surface area contributed by atoms with Crippen molar-refractivity contribution in [2.24, 2.45) is 0 Å². The van der Waals surface area contributed by atoms with Gasteiger partial charge in [-0.25, -0.2) is 0 Å². The number of benzene rings is 2. The minimum absolute atomic E-state index is 0.702. The van der Waals surface area contributed by atoms with E-state index in [-0.39, 0.29) is 0 Å². The van der Waals surface area contributed by atoms with Crippen molar-refractivity contribution in [2.45, 2.75) is 75.0 Å². The molecule has 0 N–H and O–H groups in total. The Hall–Kier alpha value is -1.21. The highest BCUT2D eigenvalue weighted by atomic mass is 32.2. The van der Waals surface area contributed by atoms with Gasteiger partial charge < -0.3 is 0 Å². The average Bonchev–Trinajstić information content (AvgIpc) is 2.60. The summed E-state index contributed by atoms with van der Waals surface area (Å²) in [4.78, 5) is 2.66. The molecule has 0 heterocycles. The van der Waals surface area contributed by atoms with Crippen LogP contribution in [0.2, 0.25) is 0 Å². The van der Waals surface area contributed by atoms with Crippen LogP contribution in [0.15, 0.2) is 58.3 Å². The van der Waals surface area contributed by atoms with E-state index in [1.807, 2.05) is 11.8 Å². The first-order valence-electron chi connectivity index (χ1n) is 9.09. The fourth-order valence-electron chi connectivity index (χ4n) is 3.27. The van der Waals surface area contributed by atoms with Crippen LogP contribution in [0.4, 0.5) is 0 Å². The molecule has 0 amide bonds. The lowest BCUT2D eigenvalue weighted by atomic mass is 9.94. The van der Waals surface area contributed by atoms with E-state index in [0.717, 1.165) is 0 Å². The SMILES string of the molecule is CCC(CC)c1ccc(Sc2ccc(C(CC)CC)cc2)cc1. The summed E-state index contributed by atoms with van der Waals surface area (Å²) in [5.74, 6) is 1.40. The Morgan fingerprint density at radius 2 is 0.870 bits per heavy atom. The van der Waals surface area contributed by atoms with Crippen LogP contribution in [0.1, 0.15) is 76.3 Å². The molecule has 0 saturated heterocycles. The Labute approximate surface area is 146 Å². The largest absolute Gasteiger partial charge is 0.0901 e. The van der Waals surface area contributed by atoms with Gasteiger partial charge in [0.2, 0.25) is 0 Å². The van der Waals surface area contributed by atoms with Gasteiger partial charge in [-0.1, -0.05) is 63.7 Å². The highest BCUT2D eigenvalue weighted by Gasteiger charge is 2.08. The molecule has 0 aliphatic carbocycles. The molecule has 1 heteroatoms. The van der Waals surface area contributed by atoms with Gasteiger partial charge in [-0.15, -0.1) is 0 Å². The quantitative estimate of drug-likeness (QED) is 0.480. The second kappa shape index (κ2) is 9.17. The highest BCUT2D eigenvalue weighted by Crippen LogP contribution is 2.32. The summed E-state index contributed by atoms with van der Waals surface area (Å²) in [6.07, 6.45) is 4.89. The lowest BCUT2D eigenvalue weighted by Crippen LogP contribution is -1.95. The number of hydrogen-bond donors (Lipinski definition) is 0. The van der Waals surface area contributed by atoms with Crippen molar-refractivity contribution in [3.63, 3.8) is 0 Å². The van der Waals surface area contributed by atoms with Gasteiger partial charge in [-0.2, -0.15) is 0 Å². The third-order valence-electron chi connectivity index (χ3n) is 4.91. The third-order valence-corrected chi connectivity index (χ3v) is 5.93. The fourth-order valence-corrected chi connectivity index (χ4v) is 4.09. The maximum absolute atomic E-state index is 2.30. The fraction of sp³-hybridized carbons (Fsp3) is 0.455. The van der Waals surface area contributed by atoms with Crippen LogP contribution in [-0.2, 0) is 0 Å². The Morgan fingerprint density at radius 1 is 0.565 bits per heavy atom. The van der Waals surface area contributed by atoms with Gasteiger partial charge in [0.1, 0.15) is 0 Å². The van der Waals surface area contributed by atoms with E-state index >= 15 is 0 Å². The van der Waals surface area contributed by atoms with Gasteiger partial charge in [-0.3, -0.25) is 0 Å². The van der Waals surface area contributed by atoms with Crippen molar-refractivity contribution < 1.29 is 0 Å². The smallest absolute Gasteiger partial charge is 0.0122 e. The third kappa shape index (κ3) is 4.88. The van der Waals surface area contributed by atoms with E-state index < -0.39 is 0 Å². The van der Waals surface area contributed by atoms with Crippen LogP contribution in [0.25, 0.3) is 0 Å². The van der Waals surface area contributed by atoms with Crippen LogP contribution in [-0.4, -0.2) is 0 Å². The summed E-state index contributed by atoms with van der Waals surface area (Å²) in [5.41, 5.74) is 2.95. The van der Waals surface area contributed by atoms with Gasteiger partial charge in [0.15, 0.2) is 0 Å². The standard InChI is InChI=1S/C22H30S/c1-5-17(6-2)19-9-13-21(14-10-19)23-22-15-11-20(12-16-22)18(7-3)8-4/h9-18H,5-8H2,1-4H3. The predicted octanol–water partition coefficient (Wildman–Crippen LogP) is 7.65. The molecule has 0 nitrogen and oxygen atoms in total. The van der Waals surface area contributed by atoms with Crippen molar-refractivity contribution in [3.8, 4) is 0 Å². The molecule has 0 fully saturated rings. The Kier molecular flexibility index (Phi) is 7.23. The molecule has 2 aromatic carbocycles. The Balaban J connectivity index is 2.04. The summed E-state index contributed by atoms with van der Waals surface area (Å²) in [6, 6.07) is 18.3. The number of rotatable bonds is 8. The second-order valence-corrected chi connectivity index (χ2v) is 7.41. The first-order valence-corrected chi connectivity index (χ1v) is 9.91. The molecule has 2 rings (SSSR count). The summed E-state index contributed by atoms with van der Waals surface area (Å²) in [7, 11) is 0. The first-order chi connectivity index (χ1) is 11.2. The molecule has 0 atom stereocenters. The van der Waals surface area contributed by atoms with Gasteiger partial charge in [-0.05, 0) is 72.9 Å². The van der Waals surface area contributed by atoms with Crippen LogP contribution < -0.4 is 0 Å². The van der Waals surface area contributed by atoms with Crippen molar-refractivity contribution in [2.75, 3.05) is 0 Å². The normalized spacial score (nSPS) is 11.4. The molecule has 0 bridgehead atoms. The molecular formula is C22H30S. The zero-order chi connectivity index (χ0) is 16.7. The average molecular weight is 327 g/mol. The minimum Gasteiger partial charge on any atom is -0.0901 e. The molecule has 0 saturated carbocycles. The molecular weight excluding hydrogens is 296 g/mol. The minimum atomic E-state index is 0.702. The maximum atomic E-state index is 2.30. The molecule has 0 spiro atoms. The summed E-state index contributed by atoms with van der Waals surface area (Å²) < 4.78 is 0. The molecule has 0 radical (unpaired) electrons. The first kappa shape index (κ1) is 18.1. The number of hydrogen-bond acceptors (Lipinski definition) is 1. The van der Waals surface area contributed by atoms with Gasteiger partial charge in [0.05, 0.1) is 0 Å². The zero-order valence-electron chi connectivity index (χ0n) is 15.0. The summed E-state index contributed by atoms with van der Waals surface area (Å²) in [5, 5.41) is 0. The molecule has 0 unspecified atom stereocenters. The van der Waals surface area contributed by atoms with Crippen LogP contribution in [0.5, 0.6) is 0 Å². The van der Waals surface area contributed by atoms with Gasteiger partial charge in [0, 0.05) is 9.79 Å².